The topological polar surface area (TPSA) is 74.0 Å². The Hall–Kier alpha value is -2.44. The summed E-state index contributed by atoms with van der Waals surface area (Å²) < 4.78 is 5.74. The van der Waals surface area contributed by atoms with Crippen molar-refractivity contribution in [2.45, 2.75) is 31.7 Å². The van der Waals surface area contributed by atoms with Crippen LogP contribution in [0.3, 0.4) is 0 Å². The molecule has 1 atom stereocenters. The second-order valence-electron chi connectivity index (χ2n) is 10.1. The lowest BCUT2D eigenvalue weighted by molar-refractivity contribution is 0.348. The third-order valence-corrected chi connectivity index (χ3v) is 6.92. The molecule has 2 N–H and O–H groups in total. The normalized spacial score (nSPS) is 18.5. The molecule has 2 fully saturated rings. The van der Waals surface area contributed by atoms with Gasteiger partial charge in [-0.1, -0.05) is 11.8 Å². The van der Waals surface area contributed by atoms with Gasteiger partial charge < -0.3 is 30.1 Å². The number of ether oxygens (including phenoxy) is 1. The van der Waals surface area contributed by atoms with Crippen molar-refractivity contribution in [1.82, 2.24) is 24.7 Å². The number of rotatable bonds is 7. The van der Waals surface area contributed by atoms with Crippen molar-refractivity contribution in [2.24, 2.45) is 5.73 Å². The molecule has 2 saturated heterocycles. The van der Waals surface area contributed by atoms with Crippen molar-refractivity contribution in [2.75, 3.05) is 85.5 Å². The molecule has 0 amide bonds. The molecule has 3 heterocycles. The minimum atomic E-state index is -0.231. The summed E-state index contributed by atoms with van der Waals surface area (Å²) >= 11 is 0. The number of fused-ring (bicyclic) bond motifs is 1. The monoisotopic (exact) mass is 479 g/mol. The molecule has 190 valence electrons. The molecule has 35 heavy (non-hydrogen) atoms. The zero-order valence-corrected chi connectivity index (χ0v) is 21.9. The minimum absolute atomic E-state index is 0.231. The molecule has 2 aliphatic heterocycles. The predicted octanol–water partition coefficient (Wildman–Crippen LogP) is 2.18. The van der Waals surface area contributed by atoms with E-state index in [-0.39, 0.29) is 6.04 Å². The Bertz CT molecular complexity index is 1050. The Kier molecular flexibility index (Phi) is 8.79. The van der Waals surface area contributed by atoms with Crippen LogP contribution in [0, 0.1) is 11.8 Å². The van der Waals surface area contributed by atoms with E-state index in [2.05, 4.69) is 44.6 Å². The Morgan fingerprint density at radius 3 is 2.60 bits per heavy atom. The van der Waals surface area contributed by atoms with Gasteiger partial charge in [0.15, 0.2) is 0 Å². The van der Waals surface area contributed by atoms with Gasteiger partial charge in [0, 0.05) is 44.5 Å². The van der Waals surface area contributed by atoms with E-state index in [0.29, 0.717) is 6.54 Å². The summed E-state index contributed by atoms with van der Waals surface area (Å²) in [6.07, 6.45) is 4.56. The lowest BCUT2D eigenvalue weighted by Crippen LogP contribution is -2.32. The molecule has 0 aliphatic carbocycles. The highest BCUT2D eigenvalue weighted by atomic mass is 16.5. The maximum atomic E-state index is 6.67. The van der Waals surface area contributed by atoms with Crippen LogP contribution < -0.4 is 15.4 Å². The molecule has 2 aromatic rings. The van der Waals surface area contributed by atoms with E-state index >= 15 is 0 Å². The Labute approximate surface area is 210 Å². The van der Waals surface area contributed by atoms with Crippen molar-refractivity contribution in [3.63, 3.8) is 0 Å². The van der Waals surface area contributed by atoms with Gasteiger partial charge in [0.2, 0.25) is 5.95 Å². The first-order valence-electron chi connectivity index (χ1n) is 12.9. The molecule has 0 bridgehead atoms. The molecule has 2 aliphatic rings. The van der Waals surface area contributed by atoms with Crippen LogP contribution in [0.4, 0.5) is 5.95 Å². The zero-order valence-electron chi connectivity index (χ0n) is 21.9. The Balaban J connectivity index is 1.70. The summed E-state index contributed by atoms with van der Waals surface area (Å²) in [6, 6.07) is 3.84. The molecule has 8 nitrogen and oxygen atoms in total. The van der Waals surface area contributed by atoms with Crippen LogP contribution in [0.15, 0.2) is 12.1 Å². The van der Waals surface area contributed by atoms with Crippen molar-refractivity contribution < 1.29 is 4.74 Å². The van der Waals surface area contributed by atoms with E-state index in [0.717, 1.165) is 79.4 Å². The zero-order chi connectivity index (χ0) is 24.8. The fourth-order valence-corrected chi connectivity index (χ4v) is 4.96. The number of likely N-dealkylation sites (N-methyl/N-ethyl adjacent to an activating group) is 2. The van der Waals surface area contributed by atoms with Crippen molar-refractivity contribution in [3.8, 4) is 17.6 Å². The number of likely N-dealkylation sites (tertiary alicyclic amines) is 1. The van der Waals surface area contributed by atoms with Crippen molar-refractivity contribution in [1.29, 1.82) is 0 Å². The number of hydrogen-bond donors (Lipinski definition) is 1. The van der Waals surface area contributed by atoms with Crippen LogP contribution in [-0.4, -0.2) is 105 Å². The third-order valence-electron chi connectivity index (χ3n) is 6.92. The summed E-state index contributed by atoms with van der Waals surface area (Å²) in [7, 11) is 7.93. The van der Waals surface area contributed by atoms with Gasteiger partial charge in [-0.2, -0.15) is 0 Å². The summed E-state index contributed by atoms with van der Waals surface area (Å²) in [5, 5.41) is 0.939. The maximum absolute atomic E-state index is 6.67. The molecular weight excluding hydrogens is 438 g/mol. The largest absolute Gasteiger partial charge is 0.495 e. The van der Waals surface area contributed by atoms with Crippen LogP contribution in [-0.2, 0) is 0 Å². The maximum Gasteiger partial charge on any atom is 0.226 e. The first-order valence-corrected chi connectivity index (χ1v) is 12.9. The SMILES string of the molecule is COc1cc2c(C(N)CN(C)C)nc(N3CCCN(C)CC3)nc2cc1C#CCCN1CCCC1. The third kappa shape index (κ3) is 6.62. The van der Waals surface area contributed by atoms with Crippen LogP contribution in [0.2, 0.25) is 0 Å². The quantitative estimate of drug-likeness (QED) is 0.606. The average molecular weight is 480 g/mol. The van der Waals surface area contributed by atoms with Gasteiger partial charge in [-0.05, 0) is 72.2 Å². The summed E-state index contributed by atoms with van der Waals surface area (Å²) in [5.74, 6) is 8.22. The first-order chi connectivity index (χ1) is 16.9. The van der Waals surface area contributed by atoms with Gasteiger partial charge in [-0.3, -0.25) is 0 Å². The molecule has 1 unspecified atom stereocenters. The highest BCUT2D eigenvalue weighted by molar-refractivity contribution is 5.86. The number of aromatic nitrogens is 2. The number of methoxy groups -OCH3 is 1. The van der Waals surface area contributed by atoms with E-state index in [1.54, 1.807) is 7.11 Å². The summed E-state index contributed by atoms with van der Waals surface area (Å²) in [6.45, 7) is 8.06. The second kappa shape index (κ2) is 12.0. The smallest absolute Gasteiger partial charge is 0.226 e. The molecule has 0 spiro atoms. The van der Waals surface area contributed by atoms with Gasteiger partial charge in [0.05, 0.1) is 29.9 Å². The standard InChI is InChI=1S/C27H41N7O/c1-31(2)20-23(28)26-22-19-25(35-4)21(10-5-6-12-33-13-7-8-14-33)18-24(22)29-27(30-26)34-15-9-11-32(3)16-17-34/h18-19,23H,6-9,11-17,20,28H2,1-4H3. The number of hydrogen-bond acceptors (Lipinski definition) is 8. The van der Waals surface area contributed by atoms with Gasteiger partial charge >= 0.3 is 0 Å². The fourth-order valence-electron chi connectivity index (χ4n) is 4.96. The van der Waals surface area contributed by atoms with Gasteiger partial charge in [0.25, 0.3) is 0 Å². The lowest BCUT2D eigenvalue weighted by atomic mass is 10.0. The van der Waals surface area contributed by atoms with E-state index in [4.69, 9.17) is 20.4 Å². The van der Waals surface area contributed by atoms with E-state index < -0.39 is 0 Å². The van der Waals surface area contributed by atoms with Gasteiger partial charge in [-0.25, -0.2) is 9.97 Å². The lowest BCUT2D eigenvalue weighted by Gasteiger charge is -2.24. The van der Waals surface area contributed by atoms with Crippen LogP contribution >= 0.6 is 0 Å². The minimum Gasteiger partial charge on any atom is -0.495 e. The molecule has 8 heteroatoms. The van der Waals surface area contributed by atoms with Crippen LogP contribution in [0.5, 0.6) is 5.75 Å². The van der Waals surface area contributed by atoms with Crippen molar-refractivity contribution >= 4 is 16.9 Å². The fraction of sp³-hybridized carbons (Fsp3) is 0.630. The highest BCUT2D eigenvalue weighted by Gasteiger charge is 2.21. The van der Waals surface area contributed by atoms with Crippen LogP contribution in [0.25, 0.3) is 10.9 Å². The van der Waals surface area contributed by atoms with E-state index in [1.807, 2.05) is 20.2 Å². The first kappa shape index (κ1) is 25.6. The van der Waals surface area contributed by atoms with Gasteiger partial charge in [0.1, 0.15) is 5.75 Å². The average Bonchev–Trinajstić information content (AvgIpc) is 3.26. The Morgan fingerprint density at radius 1 is 1.06 bits per heavy atom. The summed E-state index contributed by atoms with van der Waals surface area (Å²) in [5.41, 5.74) is 9.28. The van der Waals surface area contributed by atoms with E-state index in [1.165, 1.54) is 25.9 Å². The molecule has 0 saturated carbocycles. The van der Waals surface area contributed by atoms with Crippen LogP contribution in [0.1, 0.15) is 43.0 Å². The number of nitrogens with two attached hydrogens (primary N) is 1. The van der Waals surface area contributed by atoms with Crippen molar-refractivity contribution in [3.05, 3.63) is 23.4 Å². The molecule has 4 rings (SSSR count). The Morgan fingerprint density at radius 2 is 1.86 bits per heavy atom. The molecule has 1 aromatic heterocycles. The predicted molar refractivity (Wildman–Crippen MR) is 143 cm³/mol. The molecular formula is C27H41N7O. The molecule has 0 radical (unpaired) electrons. The number of benzene rings is 1. The number of nitrogens with zero attached hydrogens (tertiary/aromatic N) is 6. The summed E-state index contributed by atoms with van der Waals surface area (Å²) in [4.78, 5) is 19.3. The molecule has 1 aromatic carbocycles. The number of anilines is 1. The highest BCUT2D eigenvalue weighted by Crippen LogP contribution is 2.30. The van der Waals surface area contributed by atoms with E-state index in [9.17, 15) is 0 Å². The second-order valence-corrected chi connectivity index (χ2v) is 10.1. The van der Waals surface area contributed by atoms with Gasteiger partial charge in [-0.15, -0.1) is 0 Å².